The molecule has 0 fully saturated rings. The Kier molecular flexibility index (Phi) is 9.17. The van der Waals surface area contributed by atoms with Crippen molar-refractivity contribution in [3.8, 4) is 5.75 Å². The molecule has 0 saturated heterocycles. The van der Waals surface area contributed by atoms with Crippen molar-refractivity contribution in [2.75, 3.05) is 39.1 Å². The van der Waals surface area contributed by atoms with E-state index in [0.29, 0.717) is 18.9 Å². The molecule has 10 nitrogen and oxygen atoms in total. The van der Waals surface area contributed by atoms with Crippen molar-refractivity contribution in [1.82, 2.24) is 10.2 Å². The summed E-state index contributed by atoms with van der Waals surface area (Å²) in [5.41, 5.74) is -0.328. The average Bonchev–Trinajstić information content (AvgIpc) is 2.58. The van der Waals surface area contributed by atoms with Gasteiger partial charge in [0.1, 0.15) is 17.5 Å². The van der Waals surface area contributed by atoms with Crippen molar-refractivity contribution in [3.63, 3.8) is 0 Å². The zero-order valence-electron chi connectivity index (χ0n) is 15.7. The highest BCUT2D eigenvalue weighted by molar-refractivity contribution is 5.95. The number of benzene rings is 1. The highest BCUT2D eigenvalue weighted by Gasteiger charge is 2.23. The van der Waals surface area contributed by atoms with Crippen LogP contribution in [0.25, 0.3) is 0 Å². The van der Waals surface area contributed by atoms with Crippen LogP contribution in [0.3, 0.4) is 0 Å². The molecule has 0 saturated carbocycles. The second-order valence-corrected chi connectivity index (χ2v) is 6.12. The smallest absolute Gasteiger partial charge is 0.321 e. The standard InChI is InChI=1S/C17H26N4O6/c1-4-27-12-6-7-13(15(10-12)21(25)26)19-16(22)11-14(17(23)24)18-8-5-9-20(2)3/h6-7,10,14,18H,4-5,8-9,11H2,1-3H3,(H,19,22)(H,23,24)/t14-/m0/s1. The minimum absolute atomic E-state index is 0.00907. The number of aliphatic carboxylic acids is 1. The van der Waals surface area contributed by atoms with E-state index in [1.165, 1.54) is 18.2 Å². The second kappa shape index (κ2) is 11.1. The van der Waals surface area contributed by atoms with Gasteiger partial charge in [-0.2, -0.15) is 0 Å². The molecule has 1 rings (SSSR count). The average molecular weight is 382 g/mol. The number of rotatable bonds is 12. The quantitative estimate of drug-likeness (QED) is 0.280. The van der Waals surface area contributed by atoms with Crippen molar-refractivity contribution in [2.24, 2.45) is 0 Å². The maximum absolute atomic E-state index is 12.2. The fourth-order valence-corrected chi connectivity index (χ4v) is 2.33. The first kappa shape index (κ1) is 22.3. The van der Waals surface area contributed by atoms with E-state index in [1.807, 2.05) is 19.0 Å². The Morgan fingerprint density at radius 2 is 2.07 bits per heavy atom. The maximum Gasteiger partial charge on any atom is 0.321 e. The van der Waals surface area contributed by atoms with Crippen LogP contribution in [0.15, 0.2) is 18.2 Å². The molecule has 0 bridgehead atoms. The molecule has 1 atom stereocenters. The molecule has 0 unspecified atom stereocenters. The molecule has 3 N–H and O–H groups in total. The van der Waals surface area contributed by atoms with E-state index in [-0.39, 0.29) is 17.8 Å². The third-order valence-corrected chi connectivity index (χ3v) is 3.61. The molecule has 0 aliphatic carbocycles. The Morgan fingerprint density at radius 3 is 2.63 bits per heavy atom. The van der Waals surface area contributed by atoms with Gasteiger partial charge >= 0.3 is 5.97 Å². The fraction of sp³-hybridized carbons (Fsp3) is 0.529. The Bertz CT molecular complexity index is 665. The summed E-state index contributed by atoms with van der Waals surface area (Å²) in [4.78, 5) is 36.0. The predicted octanol–water partition coefficient (Wildman–Crippen LogP) is 1.32. The molecule has 1 amide bonds. The van der Waals surface area contributed by atoms with Crippen LogP contribution in [0.2, 0.25) is 0 Å². The van der Waals surface area contributed by atoms with Gasteiger partial charge < -0.3 is 25.4 Å². The lowest BCUT2D eigenvalue weighted by atomic mass is 10.1. The maximum atomic E-state index is 12.2. The van der Waals surface area contributed by atoms with Crippen molar-refractivity contribution in [1.29, 1.82) is 0 Å². The van der Waals surface area contributed by atoms with Crippen molar-refractivity contribution in [2.45, 2.75) is 25.8 Å². The normalized spacial score (nSPS) is 11.9. The molecule has 0 spiro atoms. The van der Waals surface area contributed by atoms with Crippen molar-refractivity contribution < 1.29 is 24.4 Å². The van der Waals surface area contributed by atoms with Crippen LogP contribution >= 0.6 is 0 Å². The summed E-state index contributed by atoms with van der Waals surface area (Å²) in [6.45, 7) is 3.32. The first-order valence-electron chi connectivity index (χ1n) is 8.56. The lowest BCUT2D eigenvalue weighted by Crippen LogP contribution is -2.40. The molecular formula is C17H26N4O6. The number of hydrogen-bond acceptors (Lipinski definition) is 7. The first-order chi connectivity index (χ1) is 12.7. The van der Waals surface area contributed by atoms with Crippen molar-refractivity contribution in [3.05, 3.63) is 28.3 Å². The summed E-state index contributed by atoms with van der Waals surface area (Å²) in [6, 6.07) is 3.00. The molecule has 1 aromatic rings. The summed E-state index contributed by atoms with van der Waals surface area (Å²) in [7, 11) is 3.82. The molecule has 0 aromatic heterocycles. The van der Waals surface area contributed by atoms with Gasteiger partial charge in [0, 0.05) is 0 Å². The number of nitro groups is 1. The summed E-state index contributed by atoms with van der Waals surface area (Å²) >= 11 is 0. The number of nitro benzene ring substituents is 1. The van der Waals surface area contributed by atoms with Gasteiger partial charge in [-0.3, -0.25) is 19.7 Å². The van der Waals surface area contributed by atoms with Gasteiger partial charge in [0.05, 0.1) is 24.0 Å². The number of hydrogen-bond donors (Lipinski definition) is 3. The van der Waals surface area contributed by atoms with Crippen LogP contribution in [0, 0.1) is 10.1 Å². The van der Waals surface area contributed by atoms with E-state index < -0.39 is 22.8 Å². The molecule has 10 heteroatoms. The predicted molar refractivity (Wildman–Crippen MR) is 100 cm³/mol. The van der Waals surface area contributed by atoms with Crippen LogP contribution in [-0.2, 0) is 9.59 Å². The number of carboxylic acids is 1. The summed E-state index contributed by atoms with van der Waals surface area (Å²) in [5, 5.41) is 25.7. The molecule has 27 heavy (non-hydrogen) atoms. The Hall–Kier alpha value is -2.72. The molecule has 0 heterocycles. The van der Waals surface area contributed by atoms with E-state index in [9.17, 15) is 24.8 Å². The van der Waals surface area contributed by atoms with Crippen LogP contribution < -0.4 is 15.4 Å². The van der Waals surface area contributed by atoms with E-state index in [0.717, 1.165) is 13.0 Å². The number of nitrogens with zero attached hydrogens (tertiary/aromatic N) is 2. The van der Waals surface area contributed by atoms with Gasteiger partial charge in [0.15, 0.2) is 0 Å². The minimum atomic E-state index is -1.16. The molecule has 150 valence electrons. The Morgan fingerprint density at radius 1 is 1.37 bits per heavy atom. The lowest BCUT2D eigenvalue weighted by molar-refractivity contribution is -0.384. The summed E-state index contributed by atoms with van der Waals surface area (Å²) in [5.74, 6) is -1.47. The van der Waals surface area contributed by atoms with Gasteiger partial charge in [-0.15, -0.1) is 0 Å². The number of ether oxygens (including phenoxy) is 1. The summed E-state index contributed by atoms with van der Waals surface area (Å²) < 4.78 is 5.22. The van der Waals surface area contributed by atoms with E-state index in [2.05, 4.69) is 10.6 Å². The third-order valence-electron chi connectivity index (χ3n) is 3.61. The van der Waals surface area contributed by atoms with Crippen LogP contribution in [0.1, 0.15) is 19.8 Å². The monoisotopic (exact) mass is 382 g/mol. The van der Waals surface area contributed by atoms with Crippen LogP contribution in [0.5, 0.6) is 5.75 Å². The number of amides is 1. The second-order valence-electron chi connectivity index (χ2n) is 6.12. The third kappa shape index (κ3) is 8.01. The van der Waals surface area contributed by atoms with Gasteiger partial charge in [-0.25, -0.2) is 0 Å². The SMILES string of the molecule is CCOc1ccc(NC(=O)C[C@H](NCCCN(C)C)C(=O)O)c([N+](=O)[O-])c1. The van der Waals surface area contributed by atoms with Gasteiger partial charge in [-0.05, 0) is 52.7 Å². The zero-order valence-corrected chi connectivity index (χ0v) is 15.7. The van der Waals surface area contributed by atoms with Gasteiger partial charge in [0.25, 0.3) is 5.69 Å². The van der Waals surface area contributed by atoms with Gasteiger partial charge in [-0.1, -0.05) is 0 Å². The largest absolute Gasteiger partial charge is 0.494 e. The van der Waals surface area contributed by atoms with E-state index >= 15 is 0 Å². The first-order valence-corrected chi connectivity index (χ1v) is 8.56. The molecule has 0 aliphatic rings. The minimum Gasteiger partial charge on any atom is -0.494 e. The molecule has 1 aromatic carbocycles. The Labute approximate surface area is 157 Å². The van der Waals surface area contributed by atoms with Crippen LogP contribution in [-0.4, -0.2) is 66.6 Å². The number of anilines is 1. The highest BCUT2D eigenvalue weighted by atomic mass is 16.6. The number of carboxylic acid groups (broad SMARTS) is 1. The number of nitrogens with one attached hydrogen (secondary N) is 2. The highest BCUT2D eigenvalue weighted by Crippen LogP contribution is 2.29. The lowest BCUT2D eigenvalue weighted by Gasteiger charge is -2.16. The molecule has 0 radical (unpaired) electrons. The Balaban J connectivity index is 2.72. The topological polar surface area (TPSA) is 134 Å². The summed E-state index contributed by atoms with van der Waals surface area (Å²) in [6.07, 6.45) is 0.379. The van der Waals surface area contributed by atoms with Crippen LogP contribution in [0.4, 0.5) is 11.4 Å². The number of carbonyl (C=O) groups is 2. The number of carbonyl (C=O) groups excluding carboxylic acids is 1. The van der Waals surface area contributed by atoms with Crippen molar-refractivity contribution >= 4 is 23.3 Å². The van der Waals surface area contributed by atoms with E-state index in [4.69, 9.17) is 4.74 Å². The van der Waals surface area contributed by atoms with Gasteiger partial charge in [0.2, 0.25) is 5.91 Å². The fourth-order valence-electron chi connectivity index (χ4n) is 2.33. The molecule has 0 aliphatic heterocycles. The van der Waals surface area contributed by atoms with E-state index in [1.54, 1.807) is 6.92 Å². The molecular weight excluding hydrogens is 356 g/mol. The zero-order chi connectivity index (χ0) is 20.4.